The molecule has 0 fully saturated rings. The third-order valence-electron chi connectivity index (χ3n) is 2.04. The summed E-state index contributed by atoms with van der Waals surface area (Å²) in [4.78, 5) is 13.0. The van der Waals surface area contributed by atoms with E-state index in [1.54, 1.807) is 11.3 Å². The second-order valence-corrected chi connectivity index (χ2v) is 4.40. The van der Waals surface area contributed by atoms with Crippen molar-refractivity contribution in [2.24, 2.45) is 0 Å². The monoisotopic (exact) mass is 266 g/mol. The third kappa shape index (κ3) is 3.56. The average Bonchev–Trinajstić information content (AvgIpc) is 2.82. The number of hydrogen-bond acceptors (Lipinski definition) is 7. The molecule has 0 amide bonds. The van der Waals surface area contributed by atoms with Gasteiger partial charge in [0.25, 0.3) is 0 Å². The van der Waals surface area contributed by atoms with Gasteiger partial charge in [0.2, 0.25) is 5.95 Å². The van der Waals surface area contributed by atoms with E-state index in [1.807, 2.05) is 18.4 Å². The number of nitrogen functional groups attached to an aromatic ring is 1. The van der Waals surface area contributed by atoms with E-state index in [4.69, 9.17) is 15.2 Å². The summed E-state index contributed by atoms with van der Waals surface area (Å²) in [7, 11) is 0. The molecule has 2 rings (SSSR count). The van der Waals surface area contributed by atoms with Crippen LogP contribution >= 0.6 is 11.3 Å². The van der Waals surface area contributed by atoms with Crippen LogP contribution in [0, 0.1) is 0 Å². The molecule has 2 heterocycles. The maximum absolute atomic E-state index is 5.54. The second kappa shape index (κ2) is 6.15. The highest BCUT2D eigenvalue weighted by molar-refractivity contribution is 7.09. The first-order valence-electron chi connectivity index (χ1n) is 5.57. The third-order valence-corrected chi connectivity index (χ3v) is 2.98. The number of rotatable bonds is 6. The fraction of sp³-hybridized carbons (Fsp3) is 0.364. The van der Waals surface area contributed by atoms with Crippen LogP contribution in [0.25, 0.3) is 0 Å². The van der Waals surface area contributed by atoms with E-state index < -0.39 is 0 Å². The predicted molar refractivity (Wildman–Crippen MR) is 68.9 cm³/mol. The van der Waals surface area contributed by atoms with Gasteiger partial charge in [0.15, 0.2) is 0 Å². The zero-order chi connectivity index (χ0) is 12.8. The summed E-state index contributed by atoms with van der Waals surface area (Å²) in [6.45, 7) is 2.81. The predicted octanol–water partition coefficient (Wildman–Crippen LogP) is 1.54. The van der Waals surface area contributed by atoms with Crippen LogP contribution in [-0.2, 0) is 6.42 Å². The molecule has 0 atom stereocenters. The summed E-state index contributed by atoms with van der Waals surface area (Å²) in [5.74, 6) is 0.0968. The second-order valence-electron chi connectivity index (χ2n) is 3.37. The summed E-state index contributed by atoms with van der Waals surface area (Å²) >= 11 is 1.69. The molecule has 0 bridgehead atoms. The number of ether oxygens (including phenoxy) is 2. The summed E-state index contributed by atoms with van der Waals surface area (Å²) in [5.41, 5.74) is 5.54. The Morgan fingerprint density at radius 3 is 2.67 bits per heavy atom. The highest BCUT2D eigenvalue weighted by Gasteiger charge is 2.06. The normalized spacial score (nSPS) is 10.3. The highest BCUT2D eigenvalue weighted by Crippen LogP contribution is 2.12. The van der Waals surface area contributed by atoms with E-state index in [0.29, 0.717) is 13.2 Å². The highest BCUT2D eigenvalue weighted by atomic mass is 32.1. The molecule has 96 valence electrons. The zero-order valence-electron chi connectivity index (χ0n) is 10.00. The van der Waals surface area contributed by atoms with Crippen LogP contribution in [-0.4, -0.2) is 28.2 Å². The van der Waals surface area contributed by atoms with Crippen LogP contribution in [0.4, 0.5) is 5.95 Å². The maximum Gasteiger partial charge on any atom is 0.324 e. The Hall–Kier alpha value is -1.89. The van der Waals surface area contributed by atoms with Gasteiger partial charge < -0.3 is 15.2 Å². The first kappa shape index (κ1) is 12.6. The Labute approximate surface area is 109 Å². The SMILES string of the molecule is CCOc1nc(N)nc(OCCc2cccs2)n1. The Bertz CT molecular complexity index is 490. The minimum atomic E-state index is 0.0968. The van der Waals surface area contributed by atoms with Crippen molar-refractivity contribution in [2.75, 3.05) is 18.9 Å². The van der Waals surface area contributed by atoms with Crippen molar-refractivity contribution in [2.45, 2.75) is 13.3 Å². The number of thiophene rings is 1. The number of nitrogens with two attached hydrogens (primary N) is 1. The topological polar surface area (TPSA) is 83.2 Å². The van der Waals surface area contributed by atoms with E-state index in [2.05, 4.69) is 21.0 Å². The molecular weight excluding hydrogens is 252 g/mol. The molecule has 2 aromatic rings. The molecular formula is C11H14N4O2S. The van der Waals surface area contributed by atoms with Crippen LogP contribution in [0.1, 0.15) is 11.8 Å². The minimum absolute atomic E-state index is 0.0968. The van der Waals surface area contributed by atoms with Gasteiger partial charge >= 0.3 is 12.0 Å². The van der Waals surface area contributed by atoms with Gasteiger partial charge in [-0.3, -0.25) is 0 Å². The van der Waals surface area contributed by atoms with Gasteiger partial charge in [-0.15, -0.1) is 16.3 Å². The van der Waals surface area contributed by atoms with E-state index in [-0.39, 0.29) is 18.0 Å². The van der Waals surface area contributed by atoms with Crippen LogP contribution in [0.15, 0.2) is 17.5 Å². The molecule has 0 unspecified atom stereocenters. The largest absolute Gasteiger partial charge is 0.464 e. The first-order chi connectivity index (χ1) is 8.78. The van der Waals surface area contributed by atoms with Crippen LogP contribution in [0.2, 0.25) is 0 Å². The van der Waals surface area contributed by atoms with Crippen LogP contribution in [0.5, 0.6) is 12.0 Å². The first-order valence-corrected chi connectivity index (χ1v) is 6.45. The summed E-state index contributed by atoms with van der Waals surface area (Å²) < 4.78 is 10.6. The molecule has 0 saturated heterocycles. The molecule has 0 saturated carbocycles. The molecule has 6 nitrogen and oxygen atoms in total. The van der Waals surface area contributed by atoms with Crippen LogP contribution in [0.3, 0.4) is 0 Å². The molecule has 7 heteroatoms. The lowest BCUT2D eigenvalue weighted by atomic mass is 10.4. The number of anilines is 1. The van der Waals surface area contributed by atoms with E-state index in [9.17, 15) is 0 Å². The fourth-order valence-electron chi connectivity index (χ4n) is 1.31. The maximum atomic E-state index is 5.54. The average molecular weight is 266 g/mol. The summed E-state index contributed by atoms with van der Waals surface area (Å²) in [6, 6.07) is 4.45. The van der Waals surface area contributed by atoms with E-state index in [0.717, 1.165) is 6.42 Å². The van der Waals surface area contributed by atoms with Gasteiger partial charge in [0.05, 0.1) is 13.2 Å². The quantitative estimate of drug-likeness (QED) is 0.853. The lowest BCUT2D eigenvalue weighted by Crippen LogP contribution is -2.08. The summed E-state index contributed by atoms with van der Waals surface area (Å²) in [6.07, 6.45) is 0.813. The molecule has 0 aliphatic heterocycles. The van der Waals surface area contributed by atoms with Crippen molar-refractivity contribution < 1.29 is 9.47 Å². The van der Waals surface area contributed by atoms with Crippen molar-refractivity contribution in [3.8, 4) is 12.0 Å². The lowest BCUT2D eigenvalue weighted by molar-refractivity contribution is 0.273. The van der Waals surface area contributed by atoms with Gasteiger partial charge in [-0.05, 0) is 18.4 Å². The van der Waals surface area contributed by atoms with Gasteiger partial charge in [-0.25, -0.2) is 0 Å². The van der Waals surface area contributed by atoms with E-state index in [1.165, 1.54) is 4.88 Å². The van der Waals surface area contributed by atoms with Gasteiger partial charge in [-0.2, -0.15) is 9.97 Å². The Morgan fingerprint density at radius 2 is 2.00 bits per heavy atom. The Morgan fingerprint density at radius 1 is 1.22 bits per heavy atom. The van der Waals surface area contributed by atoms with Crippen molar-refractivity contribution in [3.63, 3.8) is 0 Å². The fourth-order valence-corrected chi connectivity index (χ4v) is 2.00. The van der Waals surface area contributed by atoms with Gasteiger partial charge in [0.1, 0.15) is 0 Å². The summed E-state index contributed by atoms with van der Waals surface area (Å²) in [5, 5.41) is 2.03. The number of aromatic nitrogens is 3. The zero-order valence-corrected chi connectivity index (χ0v) is 10.8. The van der Waals surface area contributed by atoms with Gasteiger partial charge in [0, 0.05) is 11.3 Å². The molecule has 0 radical (unpaired) electrons. The van der Waals surface area contributed by atoms with Crippen molar-refractivity contribution in [1.29, 1.82) is 0 Å². The Kier molecular flexibility index (Phi) is 4.30. The van der Waals surface area contributed by atoms with Gasteiger partial charge in [-0.1, -0.05) is 6.07 Å². The van der Waals surface area contributed by atoms with Crippen molar-refractivity contribution >= 4 is 17.3 Å². The molecule has 0 aromatic carbocycles. The lowest BCUT2D eigenvalue weighted by Gasteiger charge is -2.06. The Balaban J connectivity index is 1.92. The molecule has 0 spiro atoms. The number of nitrogens with zero attached hydrogens (tertiary/aromatic N) is 3. The van der Waals surface area contributed by atoms with Crippen molar-refractivity contribution in [3.05, 3.63) is 22.4 Å². The standard InChI is InChI=1S/C11H14N4O2S/c1-2-16-10-13-9(12)14-11(15-10)17-6-5-8-4-3-7-18-8/h3-4,7H,2,5-6H2,1H3,(H2,12,13,14,15). The molecule has 18 heavy (non-hydrogen) atoms. The van der Waals surface area contributed by atoms with Crippen LogP contribution < -0.4 is 15.2 Å². The molecule has 0 aliphatic rings. The minimum Gasteiger partial charge on any atom is -0.464 e. The smallest absolute Gasteiger partial charge is 0.324 e. The molecule has 2 aromatic heterocycles. The van der Waals surface area contributed by atoms with Crippen molar-refractivity contribution in [1.82, 2.24) is 15.0 Å². The molecule has 0 aliphatic carbocycles. The molecule has 2 N–H and O–H groups in total. The number of hydrogen-bond donors (Lipinski definition) is 1. The van der Waals surface area contributed by atoms with E-state index >= 15 is 0 Å².